The fourth-order valence-corrected chi connectivity index (χ4v) is 3.53. The van der Waals surface area contributed by atoms with E-state index in [2.05, 4.69) is 5.32 Å². The lowest BCUT2D eigenvalue weighted by molar-refractivity contribution is -0.137. The molecule has 2 aromatic rings. The Morgan fingerprint density at radius 2 is 1.93 bits per heavy atom. The van der Waals surface area contributed by atoms with Gasteiger partial charge in [-0.1, -0.05) is 43.1 Å². The summed E-state index contributed by atoms with van der Waals surface area (Å²) in [6, 6.07) is 9.98. The molecule has 1 aliphatic rings. The van der Waals surface area contributed by atoms with Gasteiger partial charge in [-0.2, -0.15) is 13.2 Å². The lowest BCUT2D eigenvalue weighted by Gasteiger charge is -2.13. The van der Waals surface area contributed by atoms with E-state index in [0.717, 1.165) is 30.5 Å². The van der Waals surface area contributed by atoms with Crippen molar-refractivity contribution in [2.24, 2.45) is 0 Å². The molecule has 0 saturated heterocycles. The number of aryl methyl sites for hydroxylation is 1. The number of Topliss-reactive ketones (excluding diaryl/α,β-unsaturated/α-hetero) is 1. The molecule has 1 atom stereocenters. The second-order valence-electron chi connectivity index (χ2n) is 6.54. The van der Waals surface area contributed by atoms with E-state index in [1.54, 1.807) is 13.1 Å². The third-order valence-corrected chi connectivity index (χ3v) is 4.69. The maximum atomic E-state index is 13.1. The van der Waals surface area contributed by atoms with Crippen molar-refractivity contribution < 1.29 is 22.7 Å². The number of alkyl halides is 3. The van der Waals surface area contributed by atoms with E-state index in [-0.39, 0.29) is 17.0 Å². The topological polar surface area (TPSA) is 38.3 Å². The summed E-state index contributed by atoms with van der Waals surface area (Å²) in [6.07, 6.45) is -3.75. The predicted octanol–water partition coefficient (Wildman–Crippen LogP) is 5.54. The molecule has 0 aliphatic carbocycles. The van der Waals surface area contributed by atoms with Crippen LogP contribution in [0.5, 0.6) is 0 Å². The van der Waals surface area contributed by atoms with Crippen molar-refractivity contribution in [2.45, 2.75) is 32.0 Å². The van der Waals surface area contributed by atoms with Crippen LogP contribution in [-0.4, -0.2) is 12.8 Å². The first-order valence-corrected chi connectivity index (χ1v) is 9.22. The molecule has 1 unspecified atom stereocenters. The zero-order valence-corrected chi connectivity index (χ0v) is 16.1. The van der Waals surface area contributed by atoms with Gasteiger partial charge >= 0.3 is 6.18 Å². The van der Waals surface area contributed by atoms with Gasteiger partial charge in [-0.05, 0) is 41.8 Å². The lowest BCUT2D eigenvalue weighted by Crippen LogP contribution is -2.11. The van der Waals surface area contributed by atoms with E-state index < -0.39 is 23.6 Å². The van der Waals surface area contributed by atoms with Crippen LogP contribution in [0.3, 0.4) is 0 Å². The Kier molecular flexibility index (Phi) is 5.70. The number of ketones is 1. The smallest absolute Gasteiger partial charge is 0.416 e. The van der Waals surface area contributed by atoms with Crippen LogP contribution in [-0.2, 0) is 22.1 Å². The molecule has 1 aliphatic heterocycles. The molecule has 0 aromatic heterocycles. The molecule has 7 heteroatoms. The summed E-state index contributed by atoms with van der Waals surface area (Å²) in [5, 5.41) is 3.26. The summed E-state index contributed by atoms with van der Waals surface area (Å²) in [5.41, 5.74) is 0.978. The summed E-state index contributed by atoms with van der Waals surface area (Å²) in [5.74, 6) is -0.264. The Morgan fingerprint density at radius 1 is 1.18 bits per heavy atom. The highest BCUT2D eigenvalue weighted by Crippen LogP contribution is 2.39. The minimum Gasteiger partial charge on any atom is -0.462 e. The van der Waals surface area contributed by atoms with Crippen LogP contribution in [0.4, 0.5) is 13.2 Å². The van der Waals surface area contributed by atoms with Crippen LogP contribution in [0.1, 0.15) is 41.7 Å². The molecule has 148 valence electrons. The zero-order chi connectivity index (χ0) is 20.5. The molecule has 1 N–H and O–H groups in total. The third kappa shape index (κ3) is 4.02. The van der Waals surface area contributed by atoms with Gasteiger partial charge in [0.15, 0.2) is 12.0 Å². The number of nitrogens with one attached hydrogen (secondary N) is 1. The Labute approximate surface area is 166 Å². The molecule has 1 heterocycles. The van der Waals surface area contributed by atoms with Gasteiger partial charge in [0.05, 0.1) is 11.1 Å². The maximum absolute atomic E-state index is 13.1. The first-order chi connectivity index (χ1) is 13.2. The molecule has 0 radical (unpaired) electrons. The summed E-state index contributed by atoms with van der Waals surface area (Å²) in [7, 11) is 1.55. The van der Waals surface area contributed by atoms with Crippen molar-refractivity contribution in [1.29, 1.82) is 0 Å². The van der Waals surface area contributed by atoms with Crippen molar-refractivity contribution in [2.75, 3.05) is 7.05 Å². The second kappa shape index (κ2) is 7.87. The Hall–Kier alpha value is -2.47. The van der Waals surface area contributed by atoms with Gasteiger partial charge in [-0.25, -0.2) is 0 Å². The average Bonchev–Trinajstić information content (AvgIpc) is 2.97. The third-order valence-electron chi connectivity index (χ3n) is 4.47. The van der Waals surface area contributed by atoms with E-state index in [1.165, 1.54) is 12.1 Å². The number of hydrogen-bond donors (Lipinski definition) is 1. The van der Waals surface area contributed by atoms with Gasteiger partial charge in [0.25, 0.3) is 0 Å². The average molecular weight is 410 g/mol. The van der Waals surface area contributed by atoms with Gasteiger partial charge in [0, 0.05) is 17.6 Å². The van der Waals surface area contributed by atoms with E-state index in [1.807, 2.05) is 19.1 Å². The predicted molar refractivity (Wildman–Crippen MR) is 102 cm³/mol. The minimum absolute atomic E-state index is 0.0932. The Morgan fingerprint density at radius 3 is 2.57 bits per heavy atom. The first-order valence-electron chi connectivity index (χ1n) is 8.84. The number of ether oxygens (including phenoxy) is 1. The second-order valence-corrected chi connectivity index (χ2v) is 6.97. The summed E-state index contributed by atoms with van der Waals surface area (Å²) in [6.45, 7) is 2.03. The highest BCUT2D eigenvalue weighted by Gasteiger charge is 2.38. The molecule has 0 saturated carbocycles. The van der Waals surface area contributed by atoms with Crippen LogP contribution < -0.4 is 5.32 Å². The van der Waals surface area contributed by atoms with Crippen molar-refractivity contribution in [1.82, 2.24) is 5.32 Å². The number of halogens is 4. The van der Waals surface area contributed by atoms with Crippen LogP contribution in [0, 0.1) is 0 Å². The molecule has 0 spiro atoms. The highest BCUT2D eigenvalue weighted by molar-refractivity contribution is 6.31. The maximum Gasteiger partial charge on any atom is 0.416 e. The summed E-state index contributed by atoms with van der Waals surface area (Å²) < 4.78 is 45.0. The zero-order valence-electron chi connectivity index (χ0n) is 15.4. The molecule has 0 amide bonds. The first kappa shape index (κ1) is 20.3. The number of hydrogen-bond acceptors (Lipinski definition) is 3. The normalized spacial score (nSPS) is 17.1. The van der Waals surface area contributed by atoms with Crippen LogP contribution in [0.25, 0.3) is 5.57 Å². The van der Waals surface area contributed by atoms with E-state index in [4.69, 9.17) is 16.3 Å². The van der Waals surface area contributed by atoms with Gasteiger partial charge in [0.1, 0.15) is 0 Å². The monoisotopic (exact) mass is 409 g/mol. The number of rotatable bonds is 5. The Bertz CT molecular complexity index is 937. The van der Waals surface area contributed by atoms with Crippen LogP contribution in [0.2, 0.25) is 5.02 Å². The minimum atomic E-state index is -4.50. The molecule has 0 bridgehead atoms. The molecule has 3 nitrogen and oxygen atoms in total. The van der Waals surface area contributed by atoms with E-state index in [0.29, 0.717) is 10.6 Å². The SMILES string of the molecule is CCCc1cc(Cl)cc(C2OC(NC)=C(c3cccc(C(F)(F)F)c3)C2=O)c1. The van der Waals surface area contributed by atoms with Gasteiger partial charge < -0.3 is 10.1 Å². The molecular weight excluding hydrogens is 391 g/mol. The largest absolute Gasteiger partial charge is 0.462 e. The van der Waals surface area contributed by atoms with Crippen LogP contribution in [0.15, 0.2) is 48.3 Å². The van der Waals surface area contributed by atoms with Crippen molar-refractivity contribution in [3.8, 4) is 0 Å². The molecule has 28 heavy (non-hydrogen) atoms. The molecule has 3 rings (SSSR count). The van der Waals surface area contributed by atoms with Crippen LogP contribution >= 0.6 is 11.6 Å². The van der Waals surface area contributed by atoms with Crippen molar-refractivity contribution in [3.63, 3.8) is 0 Å². The van der Waals surface area contributed by atoms with Crippen molar-refractivity contribution in [3.05, 3.63) is 75.6 Å². The van der Waals surface area contributed by atoms with Gasteiger partial charge in [-0.3, -0.25) is 4.79 Å². The standard InChI is InChI=1S/C21H19ClF3NO2/c1-3-5-12-8-14(11-16(22)9-12)19-18(27)17(20(26-2)28-19)13-6-4-7-15(10-13)21(23,24)25/h4,6-11,19,26H,3,5H2,1-2H3. The fraction of sp³-hybridized carbons (Fsp3) is 0.286. The fourth-order valence-electron chi connectivity index (χ4n) is 3.26. The number of carbonyl (C=O) groups excluding carboxylic acids is 1. The highest BCUT2D eigenvalue weighted by atomic mass is 35.5. The van der Waals surface area contributed by atoms with E-state index in [9.17, 15) is 18.0 Å². The quantitative estimate of drug-likeness (QED) is 0.704. The molecule has 2 aromatic carbocycles. The van der Waals surface area contributed by atoms with Gasteiger partial charge in [0.2, 0.25) is 5.78 Å². The molecular formula is C21H19ClF3NO2. The lowest BCUT2D eigenvalue weighted by atomic mass is 9.94. The summed E-state index contributed by atoms with van der Waals surface area (Å²) >= 11 is 6.19. The van der Waals surface area contributed by atoms with E-state index >= 15 is 0 Å². The number of benzene rings is 2. The number of carbonyl (C=O) groups is 1. The Balaban J connectivity index is 2.00. The van der Waals surface area contributed by atoms with Gasteiger partial charge in [-0.15, -0.1) is 0 Å². The molecule has 0 fully saturated rings. The summed E-state index contributed by atoms with van der Waals surface area (Å²) in [4.78, 5) is 13.1. The van der Waals surface area contributed by atoms with Crippen molar-refractivity contribution >= 4 is 23.0 Å².